The van der Waals surface area contributed by atoms with Crippen molar-refractivity contribution < 1.29 is 14.3 Å². The van der Waals surface area contributed by atoms with Gasteiger partial charge in [0.1, 0.15) is 0 Å². The Morgan fingerprint density at radius 1 is 1.03 bits per heavy atom. The van der Waals surface area contributed by atoms with Gasteiger partial charge in [0.25, 0.3) is 5.91 Å². The highest BCUT2D eigenvalue weighted by Gasteiger charge is 2.51. The minimum absolute atomic E-state index is 0.0489. The summed E-state index contributed by atoms with van der Waals surface area (Å²) < 4.78 is 5.28. The number of rotatable bonds is 6. The third-order valence-electron chi connectivity index (χ3n) is 6.97. The highest BCUT2D eigenvalue weighted by Crippen LogP contribution is 2.55. The second-order valence-corrected chi connectivity index (χ2v) is 10.7. The van der Waals surface area contributed by atoms with Crippen LogP contribution in [0.5, 0.6) is 0 Å². The number of benzene rings is 2. The molecule has 0 radical (unpaired) electrons. The van der Waals surface area contributed by atoms with Crippen molar-refractivity contribution in [2.45, 2.75) is 49.0 Å². The van der Waals surface area contributed by atoms with Gasteiger partial charge in [0.05, 0.1) is 5.75 Å². The Bertz CT molecular complexity index is 951. The maximum Gasteiger partial charge on any atom is 0.316 e. The molecule has 1 amide bonds. The van der Waals surface area contributed by atoms with E-state index in [4.69, 9.17) is 16.3 Å². The van der Waals surface area contributed by atoms with E-state index in [0.29, 0.717) is 5.02 Å². The largest absolute Gasteiger partial charge is 0.455 e. The number of hydrogen-bond donors (Lipinski definition) is 1. The predicted molar refractivity (Wildman–Crippen MR) is 120 cm³/mol. The van der Waals surface area contributed by atoms with E-state index in [1.807, 2.05) is 36.4 Å². The van der Waals surface area contributed by atoms with Gasteiger partial charge >= 0.3 is 5.97 Å². The van der Waals surface area contributed by atoms with Gasteiger partial charge in [0, 0.05) is 20.8 Å². The van der Waals surface area contributed by atoms with Crippen molar-refractivity contribution >= 4 is 46.0 Å². The number of nitrogens with one attached hydrogen (secondary N) is 1. The molecule has 6 rings (SSSR count). The first-order valence-corrected chi connectivity index (χ1v) is 12.1. The molecule has 0 saturated heterocycles. The molecule has 0 unspecified atom stereocenters. The molecule has 0 spiro atoms. The standard InChI is InChI=1S/C24H26ClNO3S/c25-19-5-1-3-18-4-2-6-20(23(18)19)30-14-22(28)29-13-21(27)26-24-10-15-7-16(11-24)9-17(8-15)12-24/h1-6,15-17H,7-14H2,(H,26,27). The molecule has 30 heavy (non-hydrogen) atoms. The maximum absolute atomic E-state index is 12.5. The Kier molecular flexibility index (Phi) is 5.44. The van der Waals surface area contributed by atoms with Crippen molar-refractivity contribution in [2.75, 3.05) is 12.4 Å². The lowest BCUT2D eigenvalue weighted by Crippen LogP contribution is -2.60. The van der Waals surface area contributed by atoms with Crippen LogP contribution in [0.25, 0.3) is 10.8 Å². The lowest BCUT2D eigenvalue weighted by Gasteiger charge is -2.56. The fourth-order valence-corrected chi connectivity index (χ4v) is 7.55. The number of carbonyl (C=O) groups is 2. The Balaban J connectivity index is 1.13. The van der Waals surface area contributed by atoms with Crippen LogP contribution in [-0.4, -0.2) is 29.8 Å². The van der Waals surface area contributed by atoms with Gasteiger partial charge in [0.2, 0.25) is 0 Å². The molecule has 158 valence electrons. The second kappa shape index (κ2) is 8.08. The summed E-state index contributed by atoms with van der Waals surface area (Å²) in [6.07, 6.45) is 7.28. The van der Waals surface area contributed by atoms with Gasteiger partial charge in [-0.2, -0.15) is 0 Å². The molecule has 2 aromatic carbocycles. The van der Waals surface area contributed by atoms with Crippen LogP contribution in [0.3, 0.4) is 0 Å². The minimum Gasteiger partial charge on any atom is -0.455 e. The molecular weight excluding hydrogens is 418 g/mol. The molecule has 1 N–H and O–H groups in total. The van der Waals surface area contributed by atoms with Crippen LogP contribution in [0.4, 0.5) is 0 Å². The van der Waals surface area contributed by atoms with Crippen molar-refractivity contribution in [1.82, 2.24) is 5.32 Å². The summed E-state index contributed by atoms with van der Waals surface area (Å²) in [5, 5.41) is 5.89. The monoisotopic (exact) mass is 443 g/mol. The fourth-order valence-electron chi connectivity index (χ4n) is 6.30. The molecule has 2 aromatic rings. The molecule has 6 heteroatoms. The third kappa shape index (κ3) is 4.06. The highest BCUT2D eigenvalue weighted by atomic mass is 35.5. The molecule has 4 saturated carbocycles. The number of ether oxygens (including phenoxy) is 1. The van der Waals surface area contributed by atoms with Crippen LogP contribution in [0, 0.1) is 17.8 Å². The SMILES string of the molecule is O=C(COC(=O)CSc1cccc2cccc(Cl)c12)NC12CC3CC(CC(C3)C1)C2. The molecule has 4 aliphatic rings. The summed E-state index contributed by atoms with van der Waals surface area (Å²) in [6, 6.07) is 11.7. The van der Waals surface area contributed by atoms with Crippen LogP contribution < -0.4 is 5.32 Å². The van der Waals surface area contributed by atoms with Crippen LogP contribution >= 0.6 is 23.4 Å². The van der Waals surface area contributed by atoms with E-state index in [0.717, 1.165) is 52.7 Å². The molecular formula is C24H26ClNO3S. The average molecular weight is 444 g/mol. The molecule has 4 bridgehead atoms. The summed E-state index contributed by atoms with van der Waals surface area (Å²) in [5.41, 5.74) is -0.0489. The topological polar surface area (TPSA) is 55.4 Å². The van der Waals surface area contributed by atoms with Gasteiger partial charge in [-0.1, -0.05) is 35.9 Å². The Hall–Kier alpha value is -1.72. The van der Waals surface area contributed by atoms with E-state index in [-0.39, 0.29) is 29.8 Å². The molecule has 4 aliphatic carbocycles. The fraction of sp³-hybridized carbons (Fsp3) is 0.500. The minimum atomic E-state index is -0.385. The van der Waals surface area contributed by atoms with Crippen molar-refractivity contribution in [1.29, 1.82) is 0 Å². The first-order chi connectivity index (χ1) is 14.5. The summed E-state index contributed by atoms with van der Waals surface area (Å²) in [4.78, 5) is 25.7. The number of amides is 1. The second-order valence-electron chi connectivity index (χ2n) is 9.29. The van der Waals surface area contributed by atoms with Gasteiger partial charge in [-0.15, -0.1) is 11.8 Å². The smallest absolute Gasteiger partial charge is 0.316 e. The van der Waals surface area contributed by atoms with Crippen molar-refractivity contribution in [2.24, 2.45) is 17.8 Å². The van der Waals surface area contributed by atoms with Gasteiger partial charge in [-0.3, -0.25) is 9.59 Å². The lowest BCUT2D eigenvalue weighted by molar-refractivity contribution is -0.147. The van der Waals surface area contributed by atoms with Crippen LogP contribution in [0.15, 0.2) is 41.3 Å². The van der Waals surface area contributed by atoms with E-state index in [2.05, 4.69) is 5.32 Å². The van der Waals surface area contributed by atoms with E-state index in [9.17, 15) is 9.59 Å². The summed E-state index contributed by atoms with van der Waals surface area (Å²) in [6.45, 7) is -0.197. The quantitative estimate of drug-likeness (QED) is 0.491. The first kappa shape index (κ1) is 20.2. The maximum atomic E-state index is 12.5. The van der Waals surface area contributed by atoms with Crippen LogP contribution in [0.1, 0.15) is 38.5 Å². The van der Waals surface area contributed by atoms with Gasteiger partial charge < -0.3 is 10.1 Å². The number of halogens is 1. The van der Waals surface area contributed by atoms with E-state index >= 15 is 0 Å². The van der Waals surface area contributed by atoms with Gasteiger partial charge in [-0.05, 0) is 73.8 Å². The highest BCUT2D eigenvalue weighted by molar-refractivity contribution is 8.00. The molecule has 0 aliphatic heterocycles. The summed E-state index contributed by atoms with van der Waals surface area (Å²) in [7, 11) is 0. The zero-order valence-electron chi connectivity index (χ0n) is 16.9. The molecule has 0 aromatic heterocycles. The van der Waals surface area contributed by atoms with E-state index < -0.39 is 0 Å². The Morgan fingerprint density at radius 3 is 2.33 bits per heavy atom. The molecule has 4 fully saturated rings. The third-order valence-corrected chi connectivity index (χ3v) is 8.31. The Morgan fingerprint density at radius 2 is 1.67 bits per heavy atom. The molecule has 4 nitrogen and oxygen atoms in total. The van der Waals surface area contributed by atoms with Crippen LogP contribution in [0.2, 0.25) is 5.02 Å². The number of hydrogen-bond acceptors (Lipinski definition) is 4. The van der Waals surface area contributed by atoms with Crippen molar-refractivity contribution in [3.05, 3.63) is 41.4 Å². The normalized spacial score (nSPS) is 29.2. The summed E-state index contributed by atoms with van der Waals surface area (Å²) in [5.74, 6) is 1.90. The van der Waals surface area contributed by atoms with Crippen molar-refractivity contribution in [3.8, 4) is 0 Å². The number of thioether (sulfide) groups is 1. The number of carbonyl (C=O) groups excluding carboxylic acids is 2. The van der Waals surface area contributed by atoms with Crippen molar-refractivity contribution in [3.63, 3.8) is 0 Å². The zero-order valence-corrected chi connectivity index (χ0v) is 18.4. The van der Waals surface area contributed by atoms with E-state index in [1.165, 1.54) is 31.0 Å². The summed E-state index contributed by atoms with van der Waals surface area (Å²) >= 11 is 7.73. The molecule has 0 atom stereocenters. The first-order valence-electron chi connectivity index (χ1n) is 10.8. The average Bonchev–Trinajstić information content (AvgIpc) is 2.69. The lowest BCUT2D eigenvalue weighted by atomic mass is 9.53. The number of esters is 1. The van der Waals surface area contributed by atoms with Crippen LogP contribution in [-0.2, 0) is 14.3 Å². The zero-order chi connectivity index (χ0) is 20.7. The van der Waals surface area contributed by atoms with Gasteiger partial charge in [-0.25, -0.2) is 0 Å². The van der Waals surface area contributed by atoms with Gasteiger partial charge in [0.15, 0.2) is 6.61 Å². The Labute approximate surface area is 186 Å². The number of fused-ring (bicyclic) bond motifs is 1. The van der Waals surface area contributed by atoms with E-state index in [1.54, 1.807) is 0 Å². The predicted octanol–water partition coefficient (Wildman–Crippen LogP) is 5.21. The molecule has 0 heterocycles.